The highest BCUT2D eigenvalue weighted by atomic mass is 35.5. The Bertz CT molecular complexity index is 237. The van der Waals surface area contributed by atoms with Crippen molar-refractivity contribution in [1.82, 2.24) is 9.97 Å². The number of alkyl halides is 1. The van der Waals surface area contributed by atoms with Crippen LogP contribution < -0.4 is 4.90 Å². The molecule has 1 heterocycles. The van der Waals surface area contributed by atoms with Crippen LogP contribution in [0.1, 0.15) is 0 Å². The molecule has 0 saturated carbocycles. The Morgan fingerprint density at radius 2 is 2.00 bits per heavy atom. The zero-order valence-electron chi connectivity index (χ0n) is 6.67. The van der Waals surface area contributed by atoms with E-state index in [9.17, 15) is 0 Å². The van der Waals surface area contributed by atoms with Crippen molar-refractivity contribution < 1.29 is 0 Å². The zero-order chi connectivity index (χ0) is 8.97. The van der Waals surface area contributed by atoms with Crippen LogP contribution >= 0.6 is 23.2 Å². The lowest BCUT2D eigenvalue weighted by Gasteiger charge is -2.14. The molecule has 1 aromatic heterocycles. The Balaban J connectivity index is 2.68. The summed E-state index contributed by atoms with van der Waals surface area (Å²) in [5.74, 6) is 1.20. The maximum atomic E-state index is 5.62. The van der Waals surface area contributed by atoms with Gasteiger partial charge in [0.15, 0.2) is 0 Å². The number of hydrogen-bond acceptors (Lipinski definition) is 3. The van der Waals surface area contributed by atoms with E-state index in [0.29, 0.717) is 16.9 Å². The molecule has 0 spiro atoms. The Morgan fingerprint density at radius 1 is 1.42 bits per heavy atom. The first kappa shape index (κ1) is 9.55. The predicted octanol–water partition coefficient (Wildman–Crippen LogP) is 1.80. The van der Waals surface area contributed by atoms with Crippen LogP contribution in [-0.4, -0.2) is 29.4 Å². The first-order chi connectivity index (χ1) is 5.74. The molecule has 0 aliphatic heterocycles. The Kier molecular flexibility index (Phi) is 3.56. The fraction of sp³-hybridized carbons (Fsp3) is 0.429. The third kappa shape index (κ3) is 2.50. The molecule has 0 N–H and O–H groups in total. The molecule has 1 aromatic rings. The summed E-state index contributed by atoms with van der Waals surface area (Å²) in [6, 6.07) is 0. The molecular formula is C7H9Cl2N3. The highest BCUT2D eigenvalue weighted by Crippen LogP contribution is 2.08. The lowest BCUT2D eigenvalue weighted by atomic mass is 10.6. The van der Waals surface area contributed by atoms with Gasteiger partial charge in [-0.3, -0.25) is 0 Å². The van der Waals surface area contributed by atoms with Crippen LogP contribution in [0.5, 0.6) is 0 Å². The number of anilines is 1. The largest absolute Gasteiger partial charge is 0.343 e. The fourth-order valence-electron chi connectivity index (χ4n) is 0.729. The molecule has 0 saturated heterocycles. The van der Waals surface area contributed by atoms with Crippen molar-refractivity contribution in [3.8, 4) is 0 Å². The number of nitrogens with zero attached hydrogens (tertiary/aromatic N) is 3. The maximum absolute atomic E-state index is 5.62. The van der Waals surface area contributed by atoms with Crippen LogP contribution in [-0.2, 0) is 0 Å². The first-order valence-corrected chi connectivity index (χ1v) is 4.40. The fourth-order valence-corrected chi connectivity index (χ4v) is 1.08. The van der Waals surface area contributed by atoms with E-state index >= 15 is 0 Å². The Morgan fingerprint density at radius 3 is 2.50 bits per heavy atom. The molecule has 0 fully saturated rings. The van der Waals surface area contributed by atoms with E-state index < -0.39 is 0 Å². The molecule has 0 bridgehead atoms. The number of hydrogen-bond donors (Lipinski definition) is 0. The van der Waals surface area contributed by atoms with Crippen molar-refractivity contribution in [2.24, 2.45) is 0 Å². The van der Waals surface area contributed by atoms with Crippen LogP contribution in [0.2, 0.25) is 5.02 Å². The van der Waals surface area contributed by atoms with Gasteiger partial charge in [-0.2, -0.15) is 0 Å². The SMILES string of the molecule is CN(CCCl)c1ncc(Cl)cn1. The molecule has 1 rings (SSSR count). The summed E-state index contributed by atoms with van der Waals surface area (Å²) in [5, 5.41) is 0.540. The second kappa shape index (κ2) is 4.48. The van der Waals surface area contributed by atoms with Crippen LogP contribution in [0.25, 0.3) is 0 Å². The second-order valence-corrected chi connectivity index (χ2v) is 3.13. The lowest BCUT2D eigenvalue weighted by Crippen LogP contribution is -2.21. The normalized spacial score (nSPS) is 9.92. The van der Waals surface area contributed by atoms with Crippen molar-refractivity contribution in [3.05, 3.63) is 17.4 Å². The summed E-state index contributed by atoms with van der Waals surface area (Å²) in [6.45, 7) is 0.725. The van der Waals surface area contributed by atoms with E-state index in [1.54, 1.807) is 12.4 Å². The van der Waals surface area contributed by atoms with Gasteiger partial charge in [-0.05, 0) is 0 Å². The van der Waals surface area contributed by atoms with Gasteiger partial charge in [0.2, 0.25) is 5.95 Å². The van der Waals surface area contributed by atoms with Crippen LogP contribution in [0.4, 0.5) is 5.95 Å². The van der Waals surface area contributed by atoms with Crippen molar-refractivity contribution in [3.63, 3.8) is 0 Å². The number of rotatable bonds is 3. The van der Waals surface area contributed by atoms with Gasteiger partial charge in [0.25, 0.3) is 0 Å². The van der Waals surface area contributed by atoms with Gasteiger partial charge < -0.3 is 4.90 Å². The third-order valence-electron chi connectivity index (χ3n) is 1.37. The summed E-state index contributed by atoms with van der Waals surface area (Å²) in [5.41, 5.74) is 0. The topological polar surface area (TPSA) is 29.0 Å². The summed E-state index contributed by atoms with van der Waals surface area (Å²) in [6.07, 6.45) is 3.13. The highest BCUT2D eigenvalue weighted by Gasteiger charge is 2.01. The summed E-state index contributed by atoms with van der Waals surface area (Å²) in [7, 11) is 1.88. The second-order valence-electron chi connectivity index (χ2n) is 2.31. The molecule has 0 aliphatic rings. The van der Waals surface area contributed by atoms with Gasteiger partial charge in [-0.1, -0.05) is 11.6 Å². The van der Waals surface area contributed by atoms with Gasteiger partial charge in [0, 0.05) is 19.5 Å². The maximum Gasteiger partial charge on any atom is 0.225 e. The van der Waals surface area contributed by atoms with Gasteiger partial charge in [-0.15, -0.1) is 11.6 Å². The van der Waals surface area contributed by atoms with Crippen molar-refractivity contribution in [2.45, 2.75) is 0 Å². The standard InChI is InChI=1S/C7H9Cl2N3/c1-12(3-2-8)7-10-4-6(9)5-11-7/h4-5H,2-3H2,1H3. The molecule has 0 atom stereocenters. The van der Waals surface area contributed by atoms with E-state index in [1.165, 1.54) is 0 Å². The molecule has 5 heteroatoms. The first-order valence-electron chi connectivity index (χ1n) is 3.48. The van der Waals surface area contributed by atoms with E-state index in [4.69, 9.17) is 23.2 Å². The lowest BCUT2D eigenvalue weighted by molar-refractivity contribution is 0.905. The van der Waals surface area contributed by atoms with Crippen molar-refractivity contribution >= 4 is 29.2 Å². The number of halogens is 2. The van der Waals surface area contributed by atoms with E-state index in [0.717, 1.165) is 6.54 Å². The smallest absolute Gasteiger partial charge is 0.225 e. The van der Waals surface area contributed by atoms with Gasteiger partial charge in [-0.25, -0.2) is 9.97 Å². The van der Waals surface area contributed by atoms with E-state index in [2.05, 4.69) is 9.97 Å². The van der Waals surface area contributed by atoms with Gasteiger partial charge >= 0.3 is 0 Å². The minimum absolute atomic E-state index is 0.540. The summed E-state index contributed by atoms with van der Waals surface area (Å²) in [4.78, 5) is 9.91. The summed E-state index contributed by atoms with van der Waals surface area (Å²) >= 11 is 11.2. The highest BCUT2D eigenvalue weighted by molar-refractivity contribution is 6.30. The third-order valence-corrected chi connectivity index (χ3v) is 1.73. The van der Waals surface area contributed by atoms with Crippen LogP contribution in [0, 0.1) is 0 Å². The Labute approximate surface area is 81.3 Å². The van der Waals surface area contributed by atoms with E-state index in [-0.39, 0.29) is 0 Å². The predicted molar refractivity (Wildman–Crippen MR) is 51.0 cm³/mol. The van der Waals surface area contributed by atoms with Crippen molar-refractivity contribution in [2.75, 3.05) is 24.4 Å². The zero-order valence-corrected chi connectivity index (χ0v) is 8.18. The minimum atomic E-state index is 0.540. The average Bonchev–Trinajstić information content (AvgIpc) is 2.06. The van der Waals surface area contributed by atoms with Crippen LogP contribution in [0.3, 0.4) is 0 Å². The number of aromatic nitrogens is 2. The molecule has 0 amide bonds. The van der Waals surface area contributed by atoms with Crippen LogP contribution in [0.15, 0.2) is 12.4 Å². The van der Waals surface area contributed by atoms with Gasteiger partial charge in [0.05, 0.1) is 17.4 Å². The quantitative estimate of drug-likeness (QED) is 0.706. The van der Waals surface area contributed by atoms with Crippen molar-refractivity contribution in [1.29, 1.82) is 0 Å². The minimum Gasteiger partial charge on any atom is -0.343 e. The molecule has 0 aromatic carbocycles. The molecule has 0 aliphatic carbocycles. The molecule has 12 heavy (non-hydrogen) atoms. The average molecular weight is 206 g/mol. The molecule has 3 nitrogen and oxygen atoms in total. The molecule has 0 unspecified atom stereocenters. The molecular weight excluding hydrogens is 197 g/mol. The Hall–Kier alpha value is -0.540. The van der Waals surface area contributed by atoms with Gasteiger partial charge in [0.1, 0.15) is 0 Å². The monoisotopic (exact) mass is 205 g/mol. The molecule has 0 radical (unpaired) electrons. The molecule has 66 valence electrons. The summed E-state index contributed by atoms with van der Waals surface area (Å²) < 4.78 is 0. The van der Waals surface area contributed by atoms with E-state index in [1.807, 2.05) is 11.9 Å².